The molecule has 1 aliphatic heterocycles. The molecule has 0 aromatic heterocycles. The third-order valence-corrected chi connectivity index (χ3v) is 4.51. The van der Waals surface area contributed by atoms with Crippen molar-refractivity contribution in [2.75, 3.05) is 13.7 Å². The monoisotopic (exact) mass is 352 g/mol. The number of methoxy groups -OCH3 is 1. The van der Waals surface area contributed by atoms with E-state index in [0.717, 1.165) is 11.1 Å². The van der Waals surface area contributed by atoms with E-state index in [0.29, 0.717) is 13.2 Å². The molecule has 0 spiro atoms. The molecular weight excluding hydrogens is 328 g/mol. The van der Waals surface area contributed by atoms with Crippen molar-refractivity contribution in [3.8, 4) is 0 Å². The number of esters is 1. The molecule has 4 heteroatoms. The largest absolute Gasteiger partial charge is 0.457 e. The van der Waals surface area contributed by atoms with E-state index in [-0.39, 0.29) is 18.0 Å². The van der Waals surface area contributed by atoms with Gasteiger partial charge in [-0.2, -0.15) is 0 Å². The molecule has 1 aliphatic rings. The van der Waals surface area contributed by atoms with Crippen LogP contribution >= 0.6 is 0 Å². The lowest BCUT2D eigenvalue weighted by atomic mass is 9.84. The number of benzene rings is 2. The molecule has 0 radical (unpaired) electrons. The Bertz CT molecular complexity index is 754. The molecule has 136 valence electrons. The van der Waals surface area contributed by atoms with Gasteiger partial charge in [-0.3, -0.25) is 4.79 Å². The second-order valence-electron chi connectivity index (χ2n) is 6.37. The predicted octanol–water partition coefficient (Wildman–Crippen LogP) is 3.96. The van der Waals surface area contributed by atoms with Crippen LogP contribution in [-0.2, 0) is 25.6 Å². The van der Waals surface area contributed by atoms with E-state index in [1.165, 1.54) is 12.5 Å². The van der Waals surface area contributed by atoms with Crippen LogP contribution < -0.4 is 0 Å². The predicted molar refractivity (Wildman–Crippen MR) is 101 cm³/mol. The van der Waals surface area contributed by atoms with E-state index in [1.54, 1.807) is 7.11 Å². The molecule has 2 aromatic carbocycles. The fourth-order valence-electron chi connectivity index (χ4n) is 3.36. The molecule has 3 rings (SSSR count). The smallest absolute Gasteiger partial charge is 0.303 e. The van der Waals surface area contributed by atoms with Gasteiger partial charge in [0.1, 0.15) is 6.10 Å². The standard InChI is InChI=1S/C22H24O4/c1-16(23)26-21(15-24-2)22-20(13-12-17-8-4-3-5-9-17)19-11-7-6-10-18(19)14-25-22/h3-13,20-22H,14-15H2,1-2H3/t20-,21+,22-/m0/s1. The second kappa shape index (κ2) is 8.79. The molecule has 0 aliphatic carbocycles. The third kappa shape index (κ3) is 4.40. The Balaban J connectivity index is 1.94. The Labute approximate surface area is 154 Å². The quantitative estimate of drug-likeness (QED) is 0.738. The van der Waals surface area contributed by atoms with E-state index >= 15 is 0 Å². The van der Waals surface area contributed by atoms with Gasteiger partial charge in [0.25, 0.3) is 0 Å². The Morgan fingerprint density at radius 3 is 2.65 bits per heavy atom. The number of ether oxygens (including phenoxy) is 3. The van der Waals surface area contributed by atoms with E-state index in [4.69, 9.17) is 14.2 Å². The molecule has 1 heterocycles. The van der Waals surface area contributed by atoms with Gasteiger partial charge in [0.2, 0.25) is 0 Å². The van der Waals surface area contributed by atoms with Crippen LogP contribution in [0.15, 0.2) is 60.7 Å². The maximum Gasteiger partial charge on any atom is 0.303 e. The number of carbonyl (C=O) groups excluding carboxylic acids is 1. The van der Waals surface area contributed by atoms with Crippen LogP contribution in [0.4, 0.5) is 0 Å². The Morgan fingerprint density at radius 2 is 1.92 bits per heavy atom. The lowest BCUT2D eigenvalue weighted by molar-refractivity contribution is -0.162. The molecule has 0 N–H and O–H groups in total. The fraction of sp³-hybridized carbons (Fsp3) is 0.318. The summed E-state index contributed by atoms with van der Waals surface area (Å²) < 4.78 is 16.9. The van der Waals surface area contributed by atoms with Crippen LogP contribution in [0.5, 0.6) is 0 Å². The Hall–Kier alpha value is -2.43. The van der Waals surface area contributed by atoms with Gasteiger partial charge in [0.15, 0.2) is 6.10 Å². The van der Waals surface area contributed by atoms with Crippen molar-refractivity contribution in [2.24, 2.45) is 0 Å². The first-order valence-corrected chi connectivity index (χ1v) is 8.78. The maximum absolute atomic E-state index is 11.6. The van der Waals surface area contributed by atoms with Crippen molar-refractivity contribution >= 4 is 12.0 Å². The van der Waals surface area contributed by atoms with Crippen molar-refractivity contribution in [2.45, 2.75) is 31.7 Å². The molecule has 0 bridgehead atoms. The molecule has 4 nitrogen and oxygen atoms in total. The summed E-state index contributed by atoms with van der Waals surface area (Å²) in [4.78, 5) is 11.6. The average molecular weight is 352 g/mol. The Morgan fingerprint density at radius 1 is 1.19 bits per heavy atom. The number of fused-ring (bicyclic) bond motifs is 1. The van der Waals surface area contributed by atoms with Gasteiger partial charge in [-0.25, -0.2) is 0 Å². The highest BCUT2D eigenvalue weighted by molar-refractivity contribution is 5.66. The molecule has 0 saturated carbocycles. The SMILES string of the molecule is COC[C@@H](OC(C)=O)[C@H]1OCc2ccccc2[C@@H]1C=Cc1ccccc1. The molecule has 2 aromatic rings. The van der Waals surface area contributed by atoms with Gasteiger partial charge in [-0.15, -0.1) is 0 Å². The molecular formula is C22H24O4. The van der Waals surface area contributed by atoms with Gasteiger partial charge in [0, 0.05) is 20.0 Å². The summed E-state index contributed by atoms with van der Waals surface area (Å²) in [5, 5.41) is 0. The highest BCUT2D eigenvalue weighted by atomic mass is 16.6. The minimum absolute atomic E-state index is 0.0281. The average Bonchev–Trinajstić information content (AvgIpc) is 2.66. The summed E-state index contributed by atoms with van der Waals surface area (Å²) in [6, 6.07) is 18.4. The van der Waals surface area contributed by atoms with Crippen molar-refractivity contribution in [1.82, 2.24) is 0 Å². The van der Waals surface area contributed by atoms with Gasteiger partial charge in [0.05, 0.1) is 13.2 Å². The highest BCUT2D eigenvalue weighted by Gasteiger charge is 2.36. The lowest BCUT2D eigenvalue weighted by Crippen LogP contribution is -2.42. The summed E-state index contributed by atoms with van der Waals surface area (Å²) >= 11 is 0. The van der Waals surface area contributed by atoms with Gasteiger partial charge >= 0.3 is 5.97 Å². The summed E-state index contributed by atoms with van der Waals surface area (Å²) in [6.07, 6.45) is 3.45. The minimum Gasteiger partial charge on any atom is -0.457 e. The molecule has 0 fully saturated rings. The summed E-state index contributed by atoms with van der Waals surface area (Å²) in [5.74, 6) is -0.361. The highest BCUT2D eigenvalue weighted by Crippen LogP contribution is 2.35. The van der Waals surface area contributed by atoms with Gasteiger partial charge < -0.3 is 14.2 Å². The molecule has 26 heavy (non-hydrogen) atoms. The van der Waals surface area contributed by atoms with E-state index in [1.807, 2.05) is 30.3 Å². The molecule has 3 atom stereocenters. The number of hydrogen-bond acceptors (Lipinski definition) is 4. The lowest BCUT2D eigenvalue weighted by Gasteiger charge is -2.36. The topological polar surface area (TPSA) is 44.8 Å². The zero-order valence-electron chi connectivity index (χ0n) is 15.1. The van der Waals surface area contributed by atoms with Crippen molar-refractivity contribution in [1.29, 1.82) is 0 Å². The fourth-order valence-corrected chi connectivity index (χ4v) is 3.36. The van der Waals surface area contributed by atoms with E-state index in [2.05, 4.69) is 36.4 Å². The van der Waals surface area contributed by atoms with Crippen LogP contribution in [0.3, 0.4) is 0 Å². The Kier molecular flexibility index (Phi) is 6.21. The number of hydrogen-bond donors (Lipinski definition) is 0. The van der Waals surface area contributed by atoms with Gasteiger partial charge in [-0.1, -0.05) is 66.7 Å². The van der Waals surface area contributed by atoms with Crippen LogP contribution in [0.2, 0.25) is 0 Å². The molecule has 0 unspecified atom stereocenters. The third-order valence-electron chi connectivity index (χ3n) is 4.51. The minimum atomic E-state index is -0.462. The van der Waals surface area contributed by atoms with Crippen molar-refractivity contribution in [3.05, 3.63) is 77.4 Å². The van der Waals surface area contributed by atoms with Crippen LogP contribution in [0.1, 0.15) is 29.5 Å². The van der Waals surface area contributed by atoms with E-state index in [9.17, 15) is 4.79 Å². The summed E-state index contributed by atoms with van der Waals surface area (Å²) in [7, 11) is 1.60. The first kappa shape index (κ1) is 18.4. The number of carbonyl (C=O) groups is 1. The summed E-state index contributed by atoms with van der Waals surface area (Å²) in [6.45, 7) is 2.20. The molecule has 0 saturated heterocycles. The first-order valence-electron chi connectivity index (χ1n) is 8.78. The van der Waals surface area contributed by atoms with Crippen LogP contribution in [-0.4, -0.2) is 31.9 Å². The van der Waals surface area contributed by atoms with Crippen LogP contribution in [0.25, 0.3) is 6.08 Å². The zero-order chi connectivity index (χ0) is 18.4. The molecule has 0 amide bonds. The summed E-state index contributed by atoms with van der Waals surface area (Å²) in [5.41, 5.74) is 3.47. The van der Waals surface area contributed by atoms with Gasteiger partial charge in [-0.05, 0) is 16.7 Å². The number of rotatable bonds is 6. The first-order chi connectivity index (χ1) is 12.7. The zero-order valence-corrected chi connectivity index (χ0v) is 15.1. The maximum atomic E-state index is 11.6. The van der Waals surface area contributed by atoms with Crippen molar-refractivity contribution in [3.63, 3.8) is 0 Å². The van der Waals surface area contributed by atoms with Crippen molar-refractivity contribution < 1.29 is 19.0 Å². The van der Waals surface area contributed by atoms with Crippen LogP contribution in [0, 0.1) is 0 Å². The second-order valence-corrected chi connectivity index (χ2v) is 6.37. The van der Waals surface area contributed by atoms with E-state index < -0.39 is 6.10 Å². The normalized spacial score (nSPS) is 20.5.